The van der Waals surface area contributed by atoms with E-state index in [-0.39, 0.29) is 0 Å². The van der Waals surface area contributed by atoms with Gasteiger partial charge in [-0.2, -0.15) is 9.97 Å². The van der Waals surface area contributed by atoms with Crippen molar-refractivity contribution >= 4 is 21.8 Å². The van der Waals surface area contributed by atoms with Gasteiger partial charge < -0.3 is 0 Å². The molecule has 0 amide bonds. The van der Waals surface area contributed by atoms with Gasteiger partial charge in [0.25, 0.3) is 0 Å². The number of benzene rings is 11. The molecule has 74 heavy (non-hydrogen) atoms. The van der Waals surface area contributed by atoms with Gasteiger partial charge in [-0.15, -0.1) is 0 Å². The van der Waals surface area contributed by atoms with E-state index >= 15 is 0 Å². The topological polar surface area (TPSA) is 43.6 Å². The zero-order chi connectivity index (χ0) is 48.7. The lowest BCUT2D eigenvalue weighted by Gasteiger charge is -2.30. The smallest absolute Gasteiger partial charge is 0.238 e. The van der Waals surface area contributed by atoms with Gasteiger partial charge in [0, 0.05) is 27.5 Å². The first-order valence-electron chi connectivity index (χ1n) is 25.3. The lowest BCUT2D eigenvalue weighted by molar-refractivity contribution is 0.794. The van der Waals surface area contributed by atoms with Crippen molar-refractivity contribution in [2.24, 2.45) is 0 Å². The van der Waals surface area contributed by atoms with E-state index in [2.05, 4.69) is 253 Å². The van der Waals surface area contributed by atoms with E-state index in [9.17, 15) is 0 Å². The molecule has 0 aliphatic heterocycles. The van der Waals surface area contributed by atoms with Crippen LogP contribution in [0.25, 0.3) is 117 Å². The molecule has 0 unspecified atom stereocenters. The summed E-state index contributed by atoms with van der Waals surface area (Å²) >= 11 is 0. The number of nitrogens with zero attached hydrogens (tertiary/aromatic N) is 4. The highest BCUT2D eigenvalue weighted by Crippen LogP contribution is 2.64. The molecule has 1 spiro atoms. The maximum Gasteiger partial charge on any atom is 0.238 e. The number of fused-ring (bicyclic) bond motifs is 14. The first kappa shape index (κ1) is 42.0. The molecule has 11 aromatic carbocycles. The highest BCUT2D eigenvalue weighted by atomic mass is 15.2. The number of hydrogen-bond donors (Lipinski definition) is 0. The molecule has 2 aromatic heterocycles. The van der Waals surface area contributed by atoms with Gasteiger partial charge in [-0.1, -0.05) is 237 Å². The molecule has 2 aliphatic rings. The molecule has 2 aliphatic carbocycles. The van der Waals surface area contributed by atoms with Crippen LogP contribution in [-0.4, -0.2) is 19.5 Å². The first-order valence-corrected chi connectivity index (χ1v) is 25.3. The SMILES string of the molecule is c1ccc(-c2cc(-c3ccccc3)cc(-c3cccc(-c4ccc(-c5nc(-c6ccccc6)nc(-n6c7ccccc7c7ccc8c(c76)-c6ccccc6C86c7ccccc7-c7ccccc76)n5)cc4)c3)c2)cc1. The molecule has 344 valence electrons. The lowest BCUT2D eigenvalue weighted by atomic mass is 9.70. The van der Waals surface area contributed by atoms with E-state index in [1.807, 2.05) is 18.2 Å². The Morgan fingerprint density at radius 3 is 1.30 bits per heavy atom. The Labute approximate surface area is 429 Å². The zero-order valence-electron chi connectivity index (χ0n) is 40.2. The van der Waals surface area contributed by atoms with Gasteiger partial charge in [-0.25, -0.2) is 4.98 Å². The molecule has 0 atom stereocenters. The number of aromatic nitrogens is 4. The Morgan fingerprint density at radius 2 is 0.689 bits per heavy atom. The van der Waals surface area contributed by atoms with Crippen molar-refractivity contribution in [2.75, 3.05) is 0 Å². The van der Waals surface area contributed by atoms with Crippen molar-refractivity contribution < 1.29 is 0 Å². The minimum atomic E-state index is -0.493. The number of rotatable bonds is 7. The Bertz CT molecular complexity index is 4240. The predicted octanol–water partition coefficient (Wildman–Crippen LogP) is 17.3. The molecule has 2 heterocycles. The van der Waals surface area contributed by atoms with E-state index < -0.39 is 5.41 Å². The first-order chi connectivity index (χ1) is 36.7. The van der Waals surface area contributed by atoms with E-state index in [1.165, 1.54) is 72.3 Å². The summed E-state index contributed by atoms with van der Waals surface area (Å²) in [5.74, 6) is 1.79. The van der Waals surface area contributed by atoms with Crippen molar-refractivity contribution in [1.29, 1.82) is 0 Å². The molecule has 15 rings (SSSR count). The van der Waals surface area contributed by atoms with Crippen LogP contribution in [0.2, 0.25) is 0 Å². The molecule has 0 saturated heterocycles. The van der Waals surface area contributed by atoms with Gasteiger partial charge in [0.2, 0.25) is 5.95 Å². The fourth-order valence-electron chi connectivity index (χ4n) is 12.2. The van der Waals surface area contributed by atoms with Crippen molar-refractivity contribution in [3.05, 3.63) is 289 Å². The second-order valence-corrected chi connectivity index (χ2v) is 19.5. The lowest BCUT2D eigenvalue weighted by Crippen LogP contribution is -2.25. The van der Waals surface area contributed by atoms with Gasteiger partial charge in [0.05, 0.1) is 16.4 Å². The van der Waals surface area contributed by atoms with Crippen LogP contribution in [0.4, 0.5) is 0 Å². The summed E-state index contributed by atoms with van der Waals surface area (Å²) in [5.41, 5.74) is 23.0. The van der Waals surface area contributed by atoms with Gasteiger partial charge in [-0.3, -0.25) is 4.57 Å². The van der Waals surface area contributed by atoms with Crippen LogP contribution in [0, 0.1) is 0 Å². The van der Waals surface area contributed by atoms with Crippen LogP contribution in [0.1, 0.15) is 22.3 Å². The van der Waals surface area contributed by atoms with Crippen molar-refractivity contribution in [3.8, 4) is 95.5 Å². The van der Waals surface area contributed by atoms with E-state index in [4.69, 9.17) is 15.0 Å². The normalized spacial score (nSPS) is 12.7. The number of para-hydroxylation sites is 1. The van der Waals surface area contributed by atoms with Gasteiger partial charge >= 0.3 is 0 Å². The largest absolute Gasteiger partial charge is 0.277 e. The molecule has 0 N–H and O–H groups in total. The van der Waals surface area contributed by atoms with Crippen molar-refractivity contribution in [2.45, 2.75) is 5.41 Å². The van der Waals surface area contributed by atoms with E-state index in [0.29, 0.717) is 17.6 Å². The summed E-state index contributed by atoms with van der Waals surface area (Å²) in [7, 11) is 0. The van der Waals surface area contributed by atoms with E-state index in [1.54, 1.807) is 0 Å². The third-order valence-corrected chi connectivity index (χ3v) is 15.5. The predicted molar refractivity (Wildman–Crippen MR) is 303 cm³/mol. The second kappa shape index (κ2) is 16.7. The minimum absolute atomic E-state index is 0.493. The molecule has 0 saturated carbocycles. The average molecular weight is 941 g/mol. The van der Waals surface area contributed by atoms with Gasteiger partial charge in [0.15, 0.2) is 11.6 Å². The quantitative estimate of drug-likeness (QED) is 0.160. The molecule has 0 bridgehead atoms. The maximum absolute atomic E-state index is 5.48. The van der Waals surface area contributed by atoms with Crippen LogP contribution < -0.4 is 0 Å². The summed E-state index contributed by atoms with van der Waals surface area (Å²) in [6.45, 7) is 0. The third-order valence-electron chi connectivity index (χ3n) is 15.5. The molecular weight excluding hydrogens is 897 g/mol. The Kier molecular flexibility index (Phi) is 9.45. The summed E-state index contributed by atoms with van der Waals surface area (Å²) < 4.78 is 2.31. The third kappa shape index (κ3) is 6.38. The standard InChI is InChI=1S/C70H44N4/c1-4-19-45(20-5-1)52-42-53(46-21-6-2-7-22-46)44-54(43-52)51-26-18-25-50(41-51)47-35-37-49(38-36-47)68-71-67(48-23-8-3-9-24-48)72-69(73-68)74-64-34-17-13-29-57(64)58-39-40-63-65(66(58)74)59-30-12-16-33-62(59)70(63)60-31-14-10-27-55(60)56-28-11-15-32-61(56)70/h1-44H. The van der Waals surface area contributed by atoms with Crippen molar-refractivity contribution in [3.63, 3.8) is 0 Å². The highest BCUT2D eigenvalue weighted by Gasteiger charge is 2.52. The van der Waals surface area contributed by atoms with Gasteiger partial charge in [-0.05, 0) is 114 Å². The van der Waals surface area contributed by atoms with Crippen LogP contribution in [0.5, 0.6) is 0 Å². The van der Waals surface area contributed by atoms with Crippen LogP contribution >= 0.6 is 0 Å². The molecular formula is C70H44N4. The summed E-state index contributed by atoms with van der Waals surface area (Å²) in [6, 6.07) is 96.4. The average Bonchev–Trinajstić information content (AvgIpc) is 4.23. The summed E-state index contributed by atoms with van der Waals surface area (Å²) in [5, 5.41) is 2.30. The molecule has 0 radical (unpaired) electrons. The fraction of sp³-hybridized carbons (Fsp3) is 0.0143. The van der Waals surface area contributed by atoms with Gasteiger partial charge in [0.1, 0.15) is 0 Å². The van der Waals surface area contributed by atoms with Crippen LogP contribution in [0.15, 0.2) is 267 Å². The molecule has 4 nitrogen and oxygen atoms in total. The Morgan fingerprint density at radius 1 is 0.270 bits per heavy atom. The maximum atomic E-state index is 5.48. The summed E-state index contributed by atoms with van der Waals surface area (Å²) in [4.78, 5) is 16.1. The zero-order valence-corrected chi connectivity index (χ0v) is 40.2. The second-order valence-electron chi connectivity index (χ2n) is 19.5. The summed E-state index contributed by atoms with van der Waals surface area (Å²) in [6.07, 6.45) is 0. The highest BCUT2D eigenvalue weighted by molar-refractivity contribution is 6.16. The Hall–Kier alpha value is -9.77. The molecule has 13 aromatic rings. The van der Waals surface area contributed by atoms with Crippen molar-refractivity contribution in [1.82, 2.24) is 19.5 Å². The molecule has 4 heteroatoms. The fourth-order valence-corrected chi connectivity index (χ4v) is 12.2. The van der Waals surface area contributed by atoms with Crippen LogP contribution in [0.3, 0.4) is 0 Å². The van der Waals surface area contributed by atoms with E-state index in [0.717, 1.165) is 49.6 Å². The minimum Gasteiger partial charge on any atom is -0.277 e. The Balaban J connectivity index is 0.891. The number of hydrogen-bond acceptors (Lipinski definition) is 3. The molecule has 0 fully saturated rings. The van der Waals surface area contributed by atoms with Crippen LogP contribution in [-0.2, 0) is 5.41 Å². The monoisotopic (exact) mass is 940 g/mol.